The van der Waals surface area contributed by atoms with Gasteiger partial charge in [0.05, 0.1) is 5.92 Å². The molecule has 4 nitrogen and oxygen atoms in total. The van der Waals surface area contributed by atoms with Gasteiger partial charge in [0.15, 0.2) is 0 Å². The van der Waals surface area contributed by atoms with Crippen molar-refractivity contribution in [1.29, 1.82) is 0 Å². The number of rotatable bonds is 4. The number of nitrogens with one attached hydrogen (secondary N) is 1. The molecule has 0 fully saturated rings. The Bertz CT molecular complexity index is 468. The Morgan fingerprint density at radius 1 is 1.55 bits per heavy atom. The van der Waals surface area contributed by atoms with E-state index in [0.29, 0.717) is 24.6 Å². The van der Waals surface area contributed by atoms with E-state index >= 15 is 0 Å². The molecule has 0 aliphatic carbocycles. The predicted octanol–water partition coefficient (Wildman–Crippen LogP) is 1.99. The number of hydrogen-bond acceptors (Lipinski definition) is 3. The Balaban J connectivity index is 0.00000200. The first-order valence-corrected chi connectivity index (χ1v) is 6.80. The molecule has 1 aliphatic heterocycles. The summed E-state index contributed by atoms with van der Waals surface area (Å²) in [5.41, 5.74) is 1.01. The lowest BCUT2D eigenvalue weighted by Gasteiger charge is -2.28. The minimum Gasteiger partial charge on any atom is -0.492 e. The zero-order valence-corrected chi connectivity index (χ0v) is 13.3. The van der Waals surface area contributed by atoms with Crippen LogP contribution in [0.3, 0.4) is 0 Å². The second-order valence-corrected chi connectivity index (χ2v) is 5.26. The van der Waals surface area contributed by atoms with Gasteiger partial charge in [-0.2, -0.15) is 0 Å². The van der Waals surface area contributed by atoms with Gasteiger partial charge < -0.3 is 15.0 Å². The number of fused-ring (bicyclic) bond motifs is 1. The summed E-state index contributed by atoms with van der Waals surface area (Å²) in [7, 11) is 3.70. The summed E-state index contributed by atoms with van der Waals surface area (Å²) in [5, 5.41) is 3.72. The van der Waals surface area contributed by atoms with Crippen LogP contribution in [0.4, 0.5) is 0 Å². The molecule has 0 aromatic heterocycles. The minimum absolute atomic E-state index is 0. The Labute approximate surface area is 130 Å². The van der Waals surface area contributed by atoms with Crippen molar-refractivity contribution in [2.24, 2.45) is 5.92 Å². The van der Waals surface area contributed by atoms with E-state index in [2.05, 4.69) is 5.32 Å². The van der Waals surface area contributed by atoms with E-state index in [1.165, 1.54) is 0 Å². The van der Waals surface area contributed by atoms with Crippen molar-refractivity contribution in [3.63, 3.8) is 0 Å². The van der Waals surface area contributed by atoms with E-state index in [0.717, 1.165) is 17.9 Å². The molecule has 0 saturated carbocycles. The number of amides is 1. The number of halogens is 2. The largest absolute Gasteiger partial charge is 0.492 e. The van der Waals surface area contributed by atoms with Gasteiger partial charge in [-0.25, -0.2) is 0 Å². The van der Waals surface area contributed by atoms with Crippen LogP contribution in [0.1, 0.15) is 5.56 Å². The average Bonchev–Trinajstić information content (AvgIpc) is 2.43. The van der Waals surface area contributed by atoms with Gasteiger partial charge in [-0.05, 0) is 37.2 Å². The van der Waals surface area contributed by atoms with Crippen molar-refractivity contribution >= 4 is 29.9 Å². The Morgan fingerprint density at radius 2 is 2.30 bits per heavy atom. The van der Waals surface area contributed by atoms with Gasteiger partial charge in [0.25, 0.3) is 0 Å². The highest BCUT2D eigenvalue weighted by Gasteiger charge is 2.28. The molecule has 6 heteroatoms. The molecule has 1 aromatic rings. The Hall–Kier alpha value is -0.970. The summed E-state index contributed by atoms with van der Waals surface area (Å²) >= 11 is 5.98. The number of likely N-dealkylation sites (N-methyl/N-ethyl adjacent to an activating group) is 2. The third-order valence-corrected chi connectivity index (χ3v) is 3.59. The van der Waals surface area contributed by atoms with E-state index in [4.69, 9.17) is 16.3 Å². The van der Waals surface area contributed by atoms with Gasteiger partial charge in [0, 0.05) is 25.2 Å². The molecule has 112 valence electrons. The maximum absolute atomic E-state index is 12.3. The van der Waals surface area contributed by atoms with Gasteiger partial charge in [-0.15, -0.1) is 12.4 Å². The van der Waals surface area contributed by atoms with E-state index in [1.807, 2.05) is 32.3 Å². The van der Waals surface area contributed by atoms with Crippen LogP contribution in [0.15, 0.2) is 18.2 Å². The highest BCUT2D eigenvalue weighted by atomic mass is 35.5. The van der Waals surface area contributed by atoms with Crippen LogP contribution in [0.5, 0.6) is 5.75 Å². The van der Waals surface area contributed by atoms with Crippen LogP contribution in [0.25, 0.3) is 0 Å². The second-order valence-electron chi connectivity index (χ2n) is 4.83. The van der Waals surface area contributed by atoms with Crippen LogP contribution in [-0.2, 0) is 11.2 Å². The van der Waals surface area contributed by atoms with Crippen molar-refractivity contribution < 1.29 is 9.53 Å². The van der Waals surface area contributed by atoms with Gasteiger partial charge in [-0.1, -0.05) is 11.6 Å². The molecule has 1 atom stereocenters. The van der Waals surface area contributed by atoms with E-state index in [1.54, 1.807) is 4.90 Å². The summed E-state index contributed by atoms with van der Waals surface area (Å²) in [6.45, 7) is 1.93. The van der Waals surface area contributed by atoms with Gasteiger partial charge in [0.2, 0.25) is 5.91 Å². The summed E-state index contributed by atoms with van der Waals surface area (Å²) in [5.74, 6) is 0.847. The highest BCUT2D eigenvalue weighted by molar-refractivity contribution is 6.30. The number of carbonyl (C=O) groups is 1. The van der Waals surface area contributed by atoms with Crippen LogP contribution in [-0.4, -0.2) is 44.6 Å². The van der Waals surface area contributed by atoms with Crippen molar-refractivity contribution in [2.75, 3.05) is 33.8 Å². The molecule has 1 aliphatic rings. The van der Waals surface area contributed by atoms with Crippen LogP contribution in [0.2, 0.25) is 5.02 Å². The lowest BCUT2D eigenvalue weighted by molar-refractivity contribution is -0.135. The molecule has 1 aromatic carbocycles. The molecule has 2 rings (SSSR count). The zero-order valence-electron chi connectivity index (χ0n) is 11.7. The van der Waals surface area contributed by atoms with E-state index in [-0.39, 0.29) is 24.2 Å². The monoisotopic (exact) mass is 318 g/mol. The van der Waals surface area contributed by atoms with Gasteiger partial charge >= 0.3 is 0 Å². The molecular formula is C14H20Cl2N2O2. The molecule has 0 saturated heterocycles. The fraction of sp³-hybridized carbons (Fsp3) is 0.500. The molecular weight excluding hydrogens is 299 g/mol. The van der Waals surface area contributed by atoms with Crippen LogP contribution >= 0.6 is 24.0 Å². The van der Waals surface area contributed by atoms with Gasteiger partial charge in [-0.3, -0.25) is 4.79 Å². The predicted molar refractivity (Wildman–Crippen MR) is 83.0 cm³/mol. The maximum Gasteiger partial charge on any atom is 0.229 e. The molecule has 1 heterocycles. The zero-order chi connectivity index (χ0) is 13.8. The van der Waals surface area contributed by atoms with Gasteiger partial charge in [0.1, 0.15) is 12.4 Å². The summed E-state index contributed by atoms with van der Waals surface area (Å²) in [6, 6.07) is 5.55. The standard InChI is InChI=1S/C14H19ClN2O2.ClH/c1-16-5-6-17(2)14(18)11-7-10-8-12(15)3-4-13(10)19-9-11;/h3-4,8,11,16H,5-7,9H2,1-2H3;1H. The summed E-state index contributed by atoms with van der Waals surface area (Å²) in [4.78, 5) is 14.0. The first-order valence-electron chi connectivity index (χ1n) is 6.42. The Kier molecular flexibility index (Phi) is 6.59. The fourth-order valence-electron chi connectivity index (χ4n) is 2.22. The molecule has 0 spiro atoms. The number of hydrogen-bond donors (Lipinski definition) is 1. The molecule has 1 N–H and O–H groups in total. The number of ether oxygens (including phenoxy) is 1. The molecule has 20 heavy (non-hydrogen) atoms. The van der Waals surface area contributed by atoms with Crippen LogP contribution < -0.4 is 10.1 Å². The molecule has 0 bridgehead atoms. The number of carbonyl (C=O) groups excluding carboxylic acids is 1. The third kappa shape index (κ3) is 4.01. The van der Waals surface area contributed by atoms with Crippen molar-refractivity contribution in [1.82, 2.24) is 10.2 Å². The first-order chi connectivity index (χ1) is 9.11. The summed E-state index contributed by atoms with van der Waals surface area (Å²) < 4.78 is 5.65. The first kappa shape index (κ1) is 17.1. The normalized spacial score (nSPS) is 16.6. The average molecular weight is 319 g/mol. The van der Waals surface area contributed by atoms with Crippen molar-refractivity contribution in [3.05, 3.63) is 28.8 Å². The second kappa shape index (κ2) is 7.72. The minimum atomic E-state index is -0.118. The number of benzene rings is 1. The summed E-state index contributed by atoms with van der Waals surface area (Å²) in [6.07, 6.45) is 0.693. The molecule has 0 radical (unpaired) electrons. The van der Waals surface area contributed by atoms with E-state index < -0.39 is 0 Å². The topological polar surface area (TPSA) is 41.6 Å². The van der Waals surface area contributed by atoms with Crippen molar-refractivity contribution in [3.8, 4) is 5.75 Å². The molecule has 1 unspecified atom stereocenters. The van der Waals surface area contributed by atoms with E-state index in [9.17, 15) is 4.79 Å². The lowest BCUT2D eigenvalue weighted by Crippen LogP contribution is -2.41. The van der Waals surface area contributed by atoms with Crippen molar-refractivity contribution in [2.45, 2.75) is 6.42 Å². The Morgan fingerprint density at radius 3 is 3.00 bits per heavy atom. The maximum atomic E-state index is 12.3. The third-order valence-electron chi connectivity index (χ3n) is 3.35. The number of nitrogens with zero attached hydrogens (tertiary/aromatic N) is 1. The molecule has 1 amide bonds. The SMILES string of the molecule is CNCCN(C)C(=O)C1COc2ccc(Cl)cc2C1.Cl. The fourth-order valence-corrected chi connectivity index (χ4v) is 2.42. The van der Waals surface area contributed by atoms with Crippen LogP contribution in [0, 0.1) is 5.92 Å². The lowest BCUT2D eigenvalue weighted by atomic mass is 9.95. The quantitative estimate of drug-likeness (QED) is 0.923. The highest BCUT2D eigenvalue weighted by Crippen LogP contribution is 2.30. The smallest absolute Gasteiger partial charge is 0.229 e.